The molecule has 0 saturated carbocycles. The fraction of sp³-hybridized carbons (Fsp3) is 0.600. The maximum Gasteiger partial charge on any atom is 0.123 e. The summed E-state index contributed by atoms with van der Waals surface area (Å²) in [7, 11) is 2.38. The molecule has 5 heteroatoms. The van der Waals surface area contributed by atoms with Crippen LogP contribution in [-0.4, -0.2) is 43.1 Å². The quantitative estimate of drug-likeness (QED) is 0.758. The van der Waals surface area contributed by atoms with Crippen molar-refractivity contribution in [1.82, 2.24) is 5.32 Å². The van der Waals surface area contributed by atoms with Crippen LogP contribution < -0.4 is 10.1 Å². The molecule has 0 aliphatic rings. The number of nitrogens with one attached hydrogen (secondary N) is 1. The highest BCUT2D eigenvalue weighted by Crippen LogP contribution is 2.27. The molecular formula is C15H25NO3S. The van der Waals surface area contributed by atoms with E-state index < -0.39 is 10.8 Å². The van der Waals surface area contributed by atoms with Gasteiger partial charge in [-0.2, -0.15) is 0 Å². The third kappa shape index (κ3) is 5.23. The van der Waals surface area contributed by atoms with E-state index in [1.54, 1.807) is 14.2 Å². The minimum absolute atomic E-state index is 0.0348. The Morgan fingerprint density at radius 2 is 2.10 bits per heavy atom. The topological polar surface area (TPSA) is 47.6 Å². The molecule has 1 aromatic rings. The normalized spacial score (nSPS) is 14.0. The smallest absolute Gasteiger partial charge is 0.123 e. The van der Waals surface area contributed by atoms with Crippen LogP contribution in [0.3, 0.4) is 0 Å². The van der Waals surface area contributed by atoms with Crippen molar-refractivity contribution >= 4 is 10.8 Å². The molecule has 1 N–H and O–H groups in total. The van der Waals surface area contributed by atoms with E-state index in [-0.39, 0.29) is 6.04 Å². The SMILES string of the molecule is CCNC(CS(=O)CCOC)c1cc(C)ccc1OC. The van der Waals surface area contributed by atoms with E-state index in [0.29, 0.717) is 18.1 Å². The molecule has 20 heavy (non-hydrogen) atoms. The maximum absolute atomic E-state index is 12.1. The van der Waals surface area contributed by atoms with Gasteiger partial charge in [-0.3, -0.25) is 4.21 Å². The van der Waals surface area contributed by atoms with Crippen molar-refractivity contribution in [1.29, 1.82) is 0 Å². The lowest BCUT2D eigenvalue weighted by Crippen LogP contribution is -2.27. The van der Waals surface area contributed by atoms with Gasteiger partial charge in [-0.15, -0.1) is 0 Å². The van der Waals surface area contributed by atoms with E-state index in [1.165, 1.54) is 5.56 Å². The predicted molar refractivity (Wildman–Crippen MR) is 83.9 cm³/mol. The summed E-state index contributed by atoms with van der Waals surface area (Å²) in [5.74, 6) is 1.97. The lowest BCUT2D eigenvalue weighted by atomic mass is 10.0. The molecular weight excluding hydrogens is 274 g/mol. The van der Waals surface area contributed by atoms with Crippen molar-refractivity contribution in [2.24, 2.45) is 0 Å². The zero-order valence-electron chi connectivity index (χ0n) is 12.8. The van der Waals surface area contributed by atoms with E-state index in [2.05, 4.69) is 11.4 Å². The van der Waals surface area contributed by atoms with Crippen LogP contribution in [0.15, 0.2) is 18.2 Å². The number of hydrogen-bond donors (Lipinski definition) is 1. The first-order valence-corrected chi connectivity index (χ1v) is 8.33. The van der Waals surface area contributed by atoms with E-state index in [9.17, 15) is 4.21 Å². The molecule has 0 heterocycles. The van der Waals surface area contributed by atoms with Gasteiger partial charge in [0.1, 0.15) is 5.75 Å². The summed E-state index contributed by atoms with van der Waals surface area (Å²) in [5.41, 5.74) is 2.24. The average Bonchev–Trinajstić information content (AvgIpc) is 2.44. The van der Waals surface area contributed by atoms with Gasteiger partial charge in [0.15, 0.2) is 0 Å². The van der Waals surface area contributed by atoms with Crippen LogP contribution in [0.5, 0.6) is 5.75 Å². The lowest BCUT2D eigenvalue weighted by molar-refractivity contribution is 0.218. The molecule has 0 aliphatic heterocycles. The number of ether oxygens (including phenoxy) is 2. The van der Waals surface area contributed by atoms with Gasteiger partial charge in [0.25, 0.3) is 0 Å². The summed E-state index contributed by atoms with van der Waals surface area (Å²) in [6.07, 6.45) is 0. The maximum atomic E-state index is 12.1. The molecule has 4 nitrogen and oxygen atoms in total. The molecule has 0 aliphatic carbocycles. The van der Waals surface area contributed by atoms with Crippen molar-refractivity contribution in [3.05, 3.63) is 29.3 Å². The number of hydrogen-bond acceptors (Lipinski definition) is 4. The van der Waals surface area contributed by atoms with E-state index in [1.807, 2.05) is 26.0 Å². The van der Waals surface area contributed by atoms with Gasteiger partial charge in [-0.25, -0.2) is 0 Å². The minimum atomic E-state index is -0.912. The average molecular weight is 299 g/mol. The van der Waals surface area contributed by atoms with Crippen LogP contribution in [0.2, 0.25) is 0 Å². The molecule has 2 unspecified atom stereocenters. The molecule has 1 rings (SSSR count). The molecule has 2 atom stereocenters. The molecule has 1 aromatic carbocycles. The Bertz CT molecular complexity index is 437. The first-order chi connectivity index (χ1) is 9.62. The van der Waals surface area contributed by atoms with Gasteiger partial charge in [0.2, 0.25) is 0 Å². The van der Waals surface area contributed by atoms with Crippen molar-refractivity contribution in [2.75, 3.05) is 38.9 Å². The second-order valence-corrected chi connectivity index (χ2v) is 6.28. The van der Waals surface area contributed by atoms with Crippen LogP contribution in [0.1, 0.15) is 24.1 Å². The highest BCUT2D eigenvalue weighted by atomic mass is 32.2. The zero-order chi connectivity index (χ0) is 15.0. The summed E-state index contributed by atoms with van der Waals surface area (Å²) in [4.78, 5) is 0. The molecule has 114 valence electrons. The minimum Gasteiger partial charge on any atom is -0.496 e. The van der Waals surface area contributed by atoms with E-state index in [4.69, 9.17) is 9.47 Å². The van der Waals surface area contributed by atoms with Crippen molar-refractivity contribution in [2.45, 2.75) is 19.9 Å². The molecule has 0 aromatic heterocycles. The number of benzene rings is 1. The third-order valence-corrected chi connectivity index (χ3v) is 4.41. The van der Waals surface area contributed by atoms with E-state index in [0.717, 1.165) is 17.9 Å². The number of rotatable bonds is 9. The highest BCUT2D eigenvalue weighted by Gasteiger charge is 2.18. The molecule has 0 fully saturated rings. The Labute approximate surface area is 124 Å². The molecule has 0 saturated heterocycles. The van der Waals surface area contributed by atoms with Crippen LogP contribution in [0, 0.1) is 6.92 Å². The summed E-state index contributed by atoms with van der Waals surface area (Å²) < 4.78 is 22.5. The van der Waals surface area contributed by atoms with Crippen LogP contribution in [0.4, 0.5) is 0 Å². The summed E-state index contributed by atoms with van der Waals surface area (Å²) in [6.45, 7) is 5.45. The Balaban J connectivity index is 2.89. The lowest BCUT2D eigenvalue weighted by Gasteiger charge is -2.21. The highest BCUT2D eigenvalue weighted by molar-refractivity contribution is 7.85. The van der Waals surface area contributed by atoms with Crippen molar-refractivity contribution in [3.8, 4) is 5.75 Å². The fourth-order valence-corrected chi connectivity index (χ4v) is 3.27. The largest absolute Gasteiger partial charge is 0.496 e. The van der Waals surface area contributed by atoms with Crippen LogP contribution in [0.25, 0.3) is 0 Å². The predicted octanol–water partition coefficient (Wildman–Crippen LogP) is 2.05. The molecule has 0 amide bonds. The summed E-state index contributed by atoms with van der Waals surface area (Å²) in [6, 6.07) is 6.12. The second kappa shape index (κ2) is 9.10. The number of methoxy groups -OCH3 is 2. The Hall–Kier alpha value is -0.910. The van der Waals surface area contributed by atoms with Crippen LogP contribution >= 0.6 is 0 Å². The van der Waals surface area contributed by atoms with Crippen molar-refractivity contribution in [3.63, 3.8) is 0 Å². The molecule has 0 radical (unpaired) electrons. The van der Waals surface area contributed by atoms with Crippen LogP contribution in [-0.2, 0) is 15.5 Å². The number of aryl methyl sites for hydroxylation is 1. The van der Waals surface area contributed by atoms with Gasteiger partial charge < -0.3 is 14.8 Å². The fourth-order valence-electron chi connectivity index (χ4n) is 2.08. The molecule has 0 spiro atoms. The monoisotopic (exact) mass is 299 g/mol. The first kappa shape index (κ1) is 17.1. The first-order valence-electron chi connectivity index (χ1n) is 6.84. The summed E-state index contributed by atoms with van der Waals surface area (Å²) >= 11 is 0. The molecule has 0 bridgehead atoms. The van der Waals surface area contributed by atoms with Gasteiger partial charge >= 0.3 is 0 Å². The Morgan fingerprint density at radius 1 is 1.35 bits per heavy atom. The Morgan fingerprint density at radius 3 is 2.70 bits per heavy atom. The van der Waals surface area contributed by atoms with Gasteiger partial charge in [0, 0.05) is 41.0 Å². The second-order valence-electron chi connectivity index (χ2n) is 4.66. The van der Waals surface area contributed by atoms with E-state index >= 15 is 0 Å². The van der Waals surface area contributed by atoms with Gasteiger partial charge in [-0.05, 0) is 19.5 Å². The van der Waals surface area contributed by atoms with Crippen molar-refractivity contribution < 1.29 is 13.7 Å². The summed E-state index contributed by atoms with van der Waals surface area (Å²) in [5, 5.41) is 3.39. The zero-order valence-corrected chi connectivity index (χ0v) is 13.6. The standard InChI is InChI=1S/C15H25NO3S/c1-5-16-14(11-20(17)9-8-18-3)13-10-12(2)6-7-15(13)19-4/h6-7,10,14,16H,5,8-9,11H2,1-4H3. The Kier molecular flexibility index (Phi) is 7.80. The van der Waals surface area contributed by atoms with Gasteiger partial charge in [-0.1, -0.05) is 24.6 Å². The van der Waals surface area contributed by atoms with Gasteiger partial charge in [0.05, 0.1) is 13.7 Å². The third-order valence-electron chi connectivity index (χ3n) is 3.08.